The van der Waals surface area contributed by atoms with E-state index in [2.05, 4.69) is 10.5 Å². The van der Waals surface area contributed by atoms with Crippen LogP contribution in [0.15, 0.2) is 10.6 Å². The lowest BCUT2D eigenvalue weighted by Crippen LogP contribution is -2.37. The van der Waals surface area contributed by atoms with Crippen LogP contribution in [0.1, 0.15) is 54.9 Å². The molecule has 2 heterocycles. The fraction of sp³-hybridized carbons (Fsp3) is 0.692. The van der Waals surface area contributed by atoms with E-state index in [-0.39, 0.29) is 17.6 Å². The number of aromatic nitrogens is 1. The van der Waals surface area contributed by atoms with Gasteiger partial charge in [0, 0.05) is 19.2 Å². The second-order valence-electron chi connectivity index (χ2n) is 5.26. The summed E-state index contributed by atoms with van der Waals surface area (Å²) < 4.78 is 30.3. The highest BCUT2D eigenvalue weighted by molar-refractivity contribution is 7.88. The highest BCUT2D eigenvalue weighted by Crippen LogP contribution is 2.32. The number of rotatable bonds is 5. The maximum Gasteiger partial charge on any atom is 0.273 e. The second kappa shape index (κ2) is 6.57. The molecule has 1 amide bonds. The first-order valence-electron chi connectivity index (χ1n) is 7.15. The SMILES string of the molecule is CCCNC(=O)c1cc(C2CCCCN2S(C)(=O)=O)on1. The van der Waals surface area contributed by atoms with E-state index < -0.39 is 10.0 Å². The van der Waals surface area contributed by atoms with Crippen LogP contribution >= 0.6 is 0 Å². The zero-order valence-electron chi connectivity index (χ0n) is 12.3. The second-order valence-corrected chi connectivity index (χ2v) is 7.19. The van der Waals surface area contributed by atoms with E-state index in [1.165, 1.54) is 10.6 Å². The Hall–Kier alpha value is -1.41. The molecule has 0 radical (unpaired) electrons. The lowest BCUT2D eigenvalue weighted by Gasteiger charge is -2.31. The normalized spacial score (nSPS) is 20.4. The molecule has 1 aromatic heterocycles. The van der Waals surface area contributed by atoms with Gasteiger partial charge in [0.25, 0.3) is 5.91 Å². The highest BCUT2D eigenvalue weighted by atomic mass is 32.2. The van der Waals surface area contributed by atoms with Crippen molar-refractivity contribution in [1.82, 2.24) is 14.8 Å². The summed E-state index contributed by atoms with van der Waals surface area (Å²) in [6.07, 6.45) is 4.46. The van der Waals surface area contributed by atoms with Crippen molar-refractivity contribution in [3.8, 4) is 0 Å². The van der Waals surface area contributed by atoms with E-state index >= 15 is 0 Å². The number of nitrogens with zero attached hydrogens (tertiary/aromatic N) is 2. The quantitative estimate of drug-likeness (QED) is 0.884. The molecule has 2 rings (SSSR count). The zero-order valence-corrected chi connectivity index (χ0v) is 13.1. The van der Waals surface area contributed by atoms with E-state index in [0.717, 1.165) is 19.3 Å². The Morgan fingerprint density at radius 3 is 2.95 bits per heavy atom. The molecule has 1 unspecified atom stereocenters. The molecule has 1 N–H and O–H groups in total. The number of hydrogen-bond donors (Lipinski definition) is 1. The standard InChI is InChI=1S/C13H21N3O4S/c1-3-7-14-13(17)10-9-12(20-15-10)11-6-4-5-8-16(11)21(2,18)19/h9,11H,3-8H2,1-2H3,(H,14,17). The van der Waals surface area contributed by atoms with Gasteiger partial charge in [-0.1, -0.05) is 18.5 Å². The number of carbonyl (C=O) groups excluding carboxylic acids is 1. The third kappa shape index (κ3) is 3.82. The van der Waals surface area contributed by atoms with Gasteiger partial charge in [0.15, 0.2) is 11.5 Å². The van der Waals surface area contributed by atoms with Crippen molar-refractivity contribution in [3.05, 3.63) is 17.5 Å². The lowest BCUT2D eigenvalue weighted by molar-refractivity contribution is 0.0944. The molecule has 0 aliphatic carbocycles. The van der Waals surface area contributed by atoms with Crippen LogP contribution in [0.25, 0.3) is 0 Å². The summed E-state index contributed by atoms with van der Waals surface area (Å²) in [4.78, 5) is 11.8. The van der Waals surface area contributed by atoms with Crippen molar-refractivity contribution in [3.63, 3.8) is 0 Å². The largest absolute Gasteiger partial charge is 0.359 e. The van der Waals surface area contributed by atoms with Crippen LogP contribution in [0.3, 0.4) is 0 Å². The van der Waals surface area contributed by atoms with Gasteiger partial charge in [-0.2, -0.15) is 4.31 Å². The Morgan fingerprint density at radius 2 is 2.29 bits per heavy atom. The number of sulfonamides is 1. The third-order valence-electron chi connectivity index (χ3n) is 3.50. The Labute approximate surface area is 124 Å². The van der Waals surface area contributed by atoms with Gasteiger partial charge in [-0.3, -0.25) is 4.79 Å². The minimum Gasteiger partial charge on any atom is -0.359 e. The molecule has 1 aliphatic rings. The maximum absolute atomic E-state index is 11.8. The minimum atomic E-state index is -3.30. The predicted octanol–water partition coefficient (Wildman–Crippen LogP) is 1.30. The van der Waals surface area contributed by atoms with Crippen LogP contribution in [0, 0.1) is 0 Å². The van der Waals surface area contributed by atoms with E-state index in [4.69, 9.17) is 4.52 Å². The molecule has 0 aromatic carbocycles. The van der Waals surface area contributed by atoms with Crippen LogP contribution in [0.4, 0.5) is 0 Å². The number of piperidine rings is 1. The Bertz CT molecular complexity index is 596. The van der Waals surface area contributed by atoms with Crippen LogP contribution in [-0.4, -0.2) is 43.1 Å². The van der Waals surface area contributed by atoms with Gasteiger partial charge >= 0.3 is 0 Å². The Balaban J connectivity index is 2.17. The van der Waals surface area contributed by atoms with E-state index in [9.17, 15) is 13.2 Å². The average molecular weight is 315 g/mol. The summed E-state index contributed by atoms with van der Waals surface area (Å²) in [5, 5.41) is 6.47. The molecule has 1 saturated heterocycles. The molecule has 1 aromatic rings. The molecule has 7 nitrogen and oxygen atoms in total. The van der Waals surface area contributed by atoms with Gasteiger partial charge in [-0.15, -0.1) is 0 Å². The molecule has 118 valence electrons. The van der Waals surface area contributed by atoms with Gasteiger partial charge in [0.2, 0.25) is 10.0 Å². The van der Waals surface area contributed by atoms with Crippen LogP contribution in [0.5, 0.6) is 0 Å². The predicted molar refractivity (Wildman–Crippen MR) is 77.3 cm³/mol. The first-order valence-corrected chi connectivity index (χ1v) is 9.00. The molecule has 1 aliphatic heterocycles. The van der Waals surface area contributed by atoms with Crippen LogP contribution < -0.4 is 5.32 Å². The molecular formula is C13H21N3O4S. The number of nitrogens with one attached hydrogen (secondary N) is 1. The molecule has 8 heteroatoms. The molecule has 0 spiro atoms. The third-order valence-corrected chi connectivity index (χ3v) is 4.79. The Morgan fingerprint density at radius 1 is 1.52 bits per heavy atom. The summed E-state index contributed by atoms with van der Waals surface area (Å²) >= 11 is 0. The summed E-state index contributed by atoms with van der Waals surface area (Å²) in [6.45, 7) is 3.00. The monoisotopic (exact) mass is 315 g/mol. The number of amides is 1. The number of hydrogen-bond acceptors (Lipinski definition) is 5. The van der Waals surface area contributed by atoms with Gasteiger partial charge < -0.3 is 9.84 Å². The topological polar surface area (TPSA) is 92.5 Å². The van der Waals surface area contributed by atoms with E-state index in [1.807, 2.05) is 6.92 Å². The molecular weight excluding hydrogens is 294 g/mol. The van der Waals surface area contributed by atoms with Crippen LogP contribution in [-0.2, 0) is 10.0 Å². The van der Waals surface area contributed by atoms with Crippen LogP contribution in [0.2, 0.25) is 0 Å². The van der Waals surface area contributed by atoms with E-state index in [1.54, 1.807) is 6.07 Å². The zero-order chi connectivity index (χ0) is 15.5. The molecule has 21 heavy (non-hydrogen) atoms. The van der Waals surface area contributed by atoms with Crippen molar-refractivity contribution in [2.24, 2.45) is 0 Å². The van der Waals surface area contributed by atoms with Gasteiger partial charge in [-0.05, 0) is 19.3 Å². The summed E-state index contributed by atoms with van der Waals surface area (Å²) in [5.74, 6) is 0.135. The first-order chi connectivity index (χ1) is 9.93. The lowest BCUT2D eigenvalue weighted by atomic mass is 10.0. The highest BCUT2D eigenvalue weighted by Gasteiger charge is 2.33. The molecule has 0 saturated carbocycles. The van der Waals surface area contributed by atoms with Gasteiger partial charge in [-0.25, -0.2) is 8.42 Å². The van der Waals surface area contributed by atoms with Crippen molar-refractivity contribution >= 4 is 15.9 Å². The van der Waals surface area contributed by atoms with E-state index in [0.29, 0.717) is 25.3 Å². The summed E-state index contributed by atoms with van der Waals surface area (Å²) in [7, 11) is -3.30. The van der Waals surface area contributed by atoms with Crippen molar-refractivity contribution in [2.75, 3.05) is 19.3 Å². The maximum atomic E-state index is 11.8. The first kappa shape index (κ1) is 16.0. The van der Waals surface area contributed by atoms with Crippen molar-refractivity contribution < 1.29 is 17.7 Å². The van der Waals surface area contributed by atoms with Crippen molar-refractivity contribution in [1.29, 1.82) is 0 Å². The summed E-state index contributed by atoms with van der Waals surface area (Å²) in [5.41, 5.74) is 0.192. The molecule has 0 bridgehead atoms. The fourth-order valence-corrected chi connectivity index (χ4v) is 3.60. The van der Waals surface area contributed by atoms with Gasteiger partial charge in [0.1, 0.15) is 0 Å². The fourth-order valence-electron chi connectivity index (χ4n) is 2.47. The molecule has 1 atom stereocenters. The molecule has 1 fully saturated rings. The van der Waals surface area contributed by atoms with Crippen molar-refractivity contribution in [2.45, 2.75) is 38.6 Å². The number of carbonyl (C=O) groups is 1. The Kier molecular flexibility index (Phi) is 5.00. The van der Waals surface area contributed by atoms with Gasteiger partial charge in [0.05, 0.1) is 12.3 Å². The minimum absolute atomic E-state index is 0.192. The summed E-state index contributed by atoms with van der Waals surface area (Å²) in [6, 6.07) is 1.17. The average Bonchev–Trinajstić information content (AvgIpc) is 2.93. The smallest absolute Gasteiger partial charge is 0.273 e.